The van der Waals surface area contributed by atoms with Gasteiger partial charge in [0, 0.05) is 18.5 Å². The molecule has 6 heteroatoms. The van der Waals surface area contributed by atoms with Gasteiger partial charge in [0.25, 0.3) is 0 Å². The predicted molar refractivity (Wildman–Crippen MR) is 111 cm³/mol. The van der Waals surface area contributed by atoms with Crippen LogP contribution in [-0.4, -0.2) is 29.0 Å². The number of aromatic nitrogens is 2. The van der Waals surface area contributed by atoms with Crippen LogP contribution in [0.5, 0.6) is 11.5 Å². The Kier molecular flexibility index (Phi) is 6.68. The lowest BCUT2D eigenvalue weighted by Crippen LogP contribution is -2.06. The molecule has 1 heterocycles. The molecule has 3 rings (SSSR count). The second kappa shape index (κ2) is 9.59. The molecule has 0 amide bonds. The highest BCUT2D eigenvalue weighted by molar-refractivity contribution is 5.87. The Labute approximate surface area is 170 Å². The SMILES string of the molecule is COc1cc(/C=C/C(=O)OCc2ccc(-n3cccn3)cc2)ccc1OC(C)C. The normalized spacial score (nSPS) is 11.0. The molecular formula is C23H24N2O4. The van der Waals surface area contributed by atoms with E-state index in [1.807, 2.05) is 68.6 Å². The number of methoxy groups -OCH3 is 1. The Morgan fingerprint density at radius 3 is 2.59 bits per heavy atom. The maximum atomic E-state index is 12.0. The molecule has 0 atom stereocenters. The van der Waals surface area contributed by atoms with Crippen molar-refractivity contribution in [2.24, 2.45) is 0 Å². The summed E-state index contributed by atoms with van der Waals surface area (Å²) in [5.74, 6) is 0.870. The van der Waals surface area contributed by atoms with E-state index in [0.29, 0.717) is 11.5 Å². The number of esters is 1. The van der Waals surface area contributed by atoms with Crippen molar-refractivity contribution in [1.82, 2.24) is 9.78 Å². The van der Waals surface area contributed by atoms with Crippen molar-refractivity contribution in [3.63, 3.8) is 0 Å². The molecule has 0 spiro atoms. The first-order chi connectivity index (χ1) is 14.0. The molecule has 0 N–H and O–H groups in total. The van der Waals surface area contributed by atoms with Crippen molar-refractivity contribution < 1.29 is 19.0 Å². The van der Waals surface area contributed by atoms with Crippen molar-refractivity contribution in [3.8, 4) is 17.2 Å². The molecule has 0 saturated heterocycles. The summed E-state index contributed by atoms with van der Waals surface area (Å²) in [6.45, 7) is 4.11. The van der Waals surface area contributed by atoms with Gasteiger partial charge in [-0.1, -0.05) is 18.2 Å². The van der Waals surface area contributed by atoms with Gasteiger partial charge >= 0.3 is 5.97 Å². The average Bonchev–Trinajstić information content (AvgIpc) is 3.26. The fraction of sp³-hybridized carbons (Fsp3) is 0.217. The van der Waals surface area contributed by atoms with E-state index in [4.69, 9.17) is 14.2 Å². The maximum absolute atomic E-state index is 12.0. The van der Waals surface area contributed by atoms with Gasteiger partial charge in [-0.05, 0) is 61.4 Å². The van der Waals surface area contributed by atoms with Crippen LogP contribution in [-0.2, 0) is 16.1 Å². The Balaban J connectivity index is 1.55. The zero-order valence-corrected chi connectivity index (χ0v) is 16.7. The number of ether oxygens (including phenoxy) is 3. The lowest BCUT2D eigenvalue weighted by Gasteiger charge is -2.13. The fourth-order valence-corrected chi connectivity index (χ4v) is 2.67. The first-order valence-electron chi connectivity index (χ1n) is 9.33. The second-order valence-electron chi connectivity index (χ2n) is 6.64. The van der Waals surface area contributed by atoms with Gasteiger partial charge in [-0.15, -0.1) is 0 Å². The van der Waals surface area contributed by atoms with Crippen molar-refractivity contribution >= 4 is 12.0 Å². The molecule has 0 radical (unpaired) electrons. The number of carbonyl (C=O) groups excluding carboxylic acids is 1. The van der Waals surface area contributed by atoms with Gasteiger partial charge in [-0.3, -0.25) is 0 Å². The van der Waals surface area contributed by atoms with Crippen LogP contribution >= 0.6 is 0 Å². The predicted octanol–water partition coefficient (Wildman–Crippen LogP) is 4.42. The molecule has 0 bridgehead atoms. The number of hydrogen-bond donors (Lipinski definition) is 0. The van der Waals surface area contributed by atoms with E-state index in [9.17, 15) is 4.79 Å². The standard InChI is InChI=1S/C23H24N2O4/c1-17(2)29-21-11-7-18(15-22(21)27-3)8-12-23(26)28-16-19-5-9-20(10-6-19)25-14-4-13-24-25/h4-15,17H,16H2,1-3H3/b12-8+. The molecule has 150 valence electrons. The first kappa shape index (κ1) is 20.2. The summed E-state index contributed by atoms with van der Waals surface area (Å²) in [7, 11) is 1.59. The molecule has 0 aliphatic heterocycles. The third-order valence-electron chi connectivity index (χ3n) is 4.05. The molecule has 0 saturated carbocycles. The highest BCUT2D eigenvalue weighted by atomic mass is 16.5. The summed E-state index contributed by atoms with van der Waals surface area (Å²) in [5, 5.41) is 4.18. The second-order valence-corrected chi connectivity index (χ2v) is 6.64. The van der Waals surface area contributed by atoms with Crippen molar-refractivity contribution in [1.29, 1.82) is 0 Å². The van der Waals surface area contributed by atoms with Crippen molar-refractivity contribution in [2.75, 3.05) is 7.11 Å². The molecule has 0 fully saturated rings. The van der Waals surface area contributed by atoms with Gasteiger partial charge in [-0.2, -0.15) is 5.10 Å². The Bertz CT molecular complexity index is 961. The molecule has 3 aromatic rings. The number of rotatable bonds is 8. The summed E-state index contributed by atoms with van der Waals surface area (Å²) in [6.07, 6.45) is 6.73. The van der Waals surface area contributed by atoms with Crippen LogP contribution in [0.15, 0.2) is 67.0 Å². The van der Waals surface area contributed by atoms with Gasteiger partial charge in [0.05, 0.1) is 18.9 Å². The summed E-state index contributed by atoms with van der Waals surface area (Å²) < 4.78 is 18.1. The number of hydrogen-bond acceptors (Lipinski definition) is 5. The molecule has 1 aromatic heterocycles. The van der Waals surface area contributed by atoms with Gasteiger partial charge in [-0.25, -0.2) is 9.48 Å². The minimum atomic E-state index is -0.414. The van der Waals surface area contributed by atoms with Gasteiger partial charge < -0.3 is 14.2 Å². The molecular weight excluding hydrogens is 368 g/mol. The van der Waals surface area contributed by atoms with E-state index in [2.05, 4.69) is 5.10 Å². The molecule has 0 unspecified atom stereocenters. The Morgan fingerprint density at radius 1 is 1.14 bits per heavy atom. The Hall–Kier alpha value is -3.54. The quantitative estimate of drug-likeness (QED) is 0.419. The maximum Gasteiger partial charge on any atom is 0.331 e. The summed E-state index contributed by atoms with van der Waals surface area (Å²) in [5.41, 5.74) is 2.67. The lowest BCUT2D eigenvalue weighted by atomic mass is 10.2. The third kappa shape index (κ3) is 5.72. The number of nitrogens with zero attached hydrogens (tertiary/aromatic N) is 2. The number of carbonyl (C=O) groups is 1. The van der Waals surface area contributed by atoms with Crippen LogP contribution in [0.1, 0.15) is 25.0 Å². The summed E-state index contributed by atoms with van der Waals surface area (Å²) in [4.78, 5) is 12.0. The minimum Gasteiger partial charge on any atom is -0.493 e. The highest BCUT2D eigenvalue weighted by Crippen LogP contribution is 2.29. The van der Waals surface area contributed by atoms with E-state index in [0.717, 1.165) is 16.8 Å². The van der Waals surface area contributed by atoms with Crippen molar-refractivity contribution in [3.05, 3.63) is 78.1 Å². The molecule has 0 aliphatic carbocycles. The van der Waals surface area contributed by atoms with Crippen molar-refractivity contribution in [2.45, 2.75) is 26.6 Å². The van der Waals surface area contributed by atoms with Crippen LogP contribution in [0.3, 0.4) is 0 Å². The van der Waals surface area contributed by atoms with E-state index in [1.54, 1.807) is 24.1 Å². The molecule has 2 aromatic carbocycles. The van der Waals surface area contributed by atoms with Crippen LogP contribution in [0.4, 0.5) is 0 Å². The fourth-order valence-electron chi connectivity index (χ4n) is 2.67. The lowest BCUT2D eigenvalue weighted by molar-refractivity contribution is -0.138. The third-order valence-corrected chi connectivity index (χ3v) is 4.05. The largest absolute Gasteiger partial charge is 0.493 e. The van der Waals surface area contributed by atoms with Gasteiger partial charge in [0.2, 0.25) is 0 Å². The van der Waals surface area contributed by atoms with Crippen LogP contribution in [0, 0.1) is 0 Å². The Morgan fingerprint density at radius 2 is 1.93 bits per heavy atom. The molecule has 0 aliphatic rings. The average molecular weight is 392 g/mol. The zero-order valence-electron chi connectivity index (χ0n) is 16.7. The van der Waals surface area contributed by atoms with E-state index in [1.165, 1.54) is 6.08 Å². The smallest absolute Gasteiger partial charge is 0.331 e. The first-order valence-corrected chi connectivity index (χ1v) is 9.33. The summed E-state index contributed by atoms with van der Waals surface area (Å²) in [6, 6.07) is 15.0. The van der Waals surface area contributed by atoms with Crippen LogP contribution in [0.25, 0.3) is 11.8 Å². The van der Waals surface area contributed by atoms with Gasteiger partial charge in [0.15, 0.2) is 11.5 Å². The highest BCUT2D eigenvalue weighted by Gasteiger charge is 2.07. The van der Waals surface area contributed by atoms with Crippen LogP contribution in [0.2, 0.25) is 0 Å². The van der Waals surface area contributed by atoms with Crippen LogP contribution < -0.4 is 9.47 Å². The zero-order chi connectivity index (χ0) is 20.6. The monoisotopic (exact) mass is 392 g/mol. The topological polar surface area (TPSA) is 62.6 Å². The van der Waals surface area contributed by atoms with E-state index >= 15 is 0 Å². The van der Waals surface area contributed by atoms with E-state index in [-0.39, 0.29) is 12.7 Å². The minimum absolute atomic E-state index is 0.0499. The van der Waals surface area contributed by atoms with E-state index < -0.39 is 5.97 Å². The van der Waals surface area contributed by atoms with Gasteiger partial charge in [0.1, 0.15) is 6.61 Å². The molecule has 6 nitrogen and oxygen atoms in total. The summed E-state index contributed by atoms with van der Waals surface area (Å²) >= 11 is 0. The molecule has 29 heavy (non-hydrogen) atoms. The number of benzene rings is 2.